The molecule has 0 bridgehead atoms. The number of halogens is 1. The molecule has 1 heterocycles. The van der Waals surface area contributed by atoms with E-state index in [1.54, 1.807) is 11.8 Å². The first-order chi connectivity index (χ1) is 15.1. The second kappa shape index (κ2) is 10.2. The Morgan fingerprint density at radius 1 is 1.00 bits per heavy atom. The lowest BCUT2D eigenvalue weighted by atomic mass is 10.1. The Kier molecular flexibility index (Phi) is 7.17. The Balaban J connectivity index is 1.40. The van der Waals surface area contributed by atoms with Crippen LogP contribution in [0.25, 0.3) is 11.1 Å². The Morgan fingerprint density at radius 2 is 1.71 bits per heavy atom. The summed E-state index contributed by atoms with van der Waals surface area (Å²) >= 11 is 5.06. The van der Waals surface area contributed by atoms with E-state index in [4.69, 9.17) is 9.47 Å². The van der Waals surface area contributed by atoms with E-state index >= 15 is 0 Å². The maximum Gasteiger partial charge on any atom is 0.321 e. The molecule has 0 aromatic heterocycles. The quantitative estimate of drug-likeness (QED) is 0.406. The highest BCUT2D eigenvalue weighted by atomic mass is 79.9. The van der Waals surface area contributed by atoms with Gasteiger partial charge in [0.25, 0.3) is 0 Å². The molecule has 1 saturated heterocycles. The van der Waals surface area contributed by atoms with Gasteiger partial charge in [0.1, 0.15) is 30.8 Å². The fraction of sp³-hybridized carbons (Fsp3) is 0.208. The molecule has 0 radical (unpaired) electrons. The van der Waals surface area contributed by atoms with Crippen LogP contribution in [0.15, 0.2) is 77.3 Å². The van der Waals surface area contributed by atoms with Gasteiger partial charge in [-0.1, -0.05) is 64.5 Å². The van der Waals surface area contributed by atoms with E-state index < -0.39 is 12.0 Å². The number of carbonyl (C=O) groups is 1. The first-order valence-electron chi connectivity index (χ1n) is 9.92. The van der Waals surface area contributed by atoms with Crippen LogP contribution in [-0.2, 0) is 4.79 Å². The molecule has 0 saturated carbocycles. The molecule has 160 valence electrons. The van der Waals surface area contributed by atoms with Crippen molar-refractivity contribution in [2.45, 2.75) is 11.4 Å². The number of hydrogen-bond acceptors (Lipinski definition) is 5. The number of carboxylic acid groups (broad SMARTS) is 1. The normalized spacial score (nSPS) is 18.0. The number of carboxylic acids is 1. The monoisotopic (exact) mass is 499 g/mol. The van der Waals surface area contributed by atoms with Gasteiger partial charge in [-0.3, -0.25) is 10.1 Å². The van der Waals surface area contributed by atoms with Crippen molar-refractivity contribution in [1.29, 1.82) is 0 Å². The van der Waals surface area contributed by atoms with Gasteiger partial charge in [-0.05, 0) is 29.8 Å². The molecule has 0 aliphatic carbocycles. The van der Waals surface area contributed by atoms with Crippen LogP contribution in [0.3, 0.4) is 0 Å². The Labute approximate surface area is 193 Å². The summed E-state index contributed by atoms with van der Waals surface area (Å²) in [7, 11) is 0. The number of thioether (sulfide) groups is 1. The highest BCUT2D eigenvalue weighted by Gasteiger charge is 2.32. The zero-order valence-electron chi connectivity index (χ0n) is 16.7. The fourth-order valence-corrected chi connectivity index (χ4v) is 5.03. The summed E-state index contributed by atoms with van der Waals surface area (Å²) in [5.41, 5.74) is 3.07. The molecule has 7 heteroatoms. The number of rotatable bonds is 8. The number of nitrogens with one attached hydrogen (secondary N) is 1. The first-order valence-corrected chi connectivity index (χ1v) is 11.8. The van der Waals surface area contributed by atoms with E-state index in [1.807, 2.05) is 60.7 Å². The average Bonchev–Trinajstić information content (AvgIpc) is 3.29. The van der Waals surface area contributed by atoms with Crippen molar-refractivity contribution in [3.05, 3.63) is 82.8 Å². The maximum absolute atomic E-state index is 11.3. The summed E-state index contributed by atoms with van der Waals surface area (Å²) in [4.78, 5) is 11.3. The molecule has 1 fully saturated rings. The molecule has 0 amide bonds. The molecular formula is C24H22BrNO4S. The summed E-state index contributed by atoms with van der Waals surface area (Å²) in [5, 5.41) is 12.3. The van der Waals surface area contributed by atoms with Crippen LogP contribution < -0.4 is 14.8 Å². The van der Waals surface area contributed by atoms with Crippen molar-refractivity contribution in [2.24, 2.45) is 0 Å². The third-order valence-corrected chi connectivity index (χ3v) is 6.65. The first kappa shape index (κ1) is 21.7. The van der Waals surface area contributed by atoms with Gasteiger partial charge >= 0.3 is 5.97 Å². The van der Waals surface area contributed by atoms with Crippen LogP contribution >= 0.6 is 27.7 Å². The van der Waals surface area contributed by atoms with Crippen LogP contribution in [0.4, 0.5) is 0 Å². The molecule has 2 N–H and O–H groups in total. The summed E-state index contributed by atoms with van der Waals surface area (Å²) in [6.45, 7) is 0.764. The maximum atomic E-state index is 11.3. The molecule has 2 atom stereocenters. The summed E-state index contributed by atoms with van der Waals surface area (Å²) in [6.07, 6.45) is 0. The van der Waals surface area contributed by atoms with Crippen molar-refractivity contribution in [2.75, 3.05) is 19.0 Å². The van der Waals surface area contributed by atoms with Crippen LogP contribution in [-0.4, -0.2) is 36.1 Å². The van der Waals surface area contributed by atoms with E-state index in [2.05, 4.69) is 33.4 Å². The SMILES string of the molecule is O=C(O)C1CSC(c2cc(Br)ccc2OCCOc2ccccc2-c2ccccc2)N1. The van der Waals surface area contributed by atoms with Crippen molar-refractivity contribution in [3.63, 3.8) is 0 Å². The van der Waals surface area contributed by atoms with Gasteiger partial charge in [-0.2, -0.15) is 0 Å². The van der Waals surface area contributed by atoms with Gasteiger partial charge in [0, 0.05) is 21.4 Å². The number of aliphatic carboxylic acids is 1. The van der Waals surface area contributed by atoms with E-state index in [9.17, 15) is 9.90 Å². The third-order valence-electron chi connectivity index (χ3n) is 4.90. The van der Waals surface area contributed by atoms with Crippen molar-refractivity contribution in [1.82, 2.24) is 5.32 Å². The number of hydrogen-bond donors (Lipinski definition) is 2. The zero-order chi connectivity index (χ0) is 21.6. The lowest BCUT2D eigenvalue weighted by molar-refractivity contribution is -0.138. The predicted molar refractivity (Wildman–Crippen MR) is 127 cm³/mol. The fourth-order valence-electron chi connectivity index (χ4n) is 3.40. The highest BCUT2D eigenvalue weighted by molar-refractivity contribution is 9.10. The molecule has 3 aromatic rings. The molecule has 3 aromatic carbocycles. The minimum Gasteiger partial charge on any atom is -0.490 e. The standard InChI is InChI=1S/C24H22BrNO4S/c25-17-10-11-22(19(14-17)23-26-20(15-31-23)24(27)28)30-13-12-29-21-9-5-4-8-18(21)16-6-2-1-3-7-16/h1-11,14,20,23,26H,12-13,15H2,(H,27,28). The van der Waals surface area contributed by atoms with Gasteiger partial charge in [0.05, 0.1) is 5.37 Å². The molecule has 2 unspecified atom stereocenters. The van der Waals surface area contributed by atoms with E-state index in [-0.39, 0.29) is 5.37 Å². The van der Waals surface area contributed by atoms with Crippen LogP contribution in [0.5, 0.6) is 11.5 Å². The minimum atomic E-state index is -0.835. The Bertz CT molecular complexity index is 1050. The van der Waals surface area contributed by atoms with E-state index in [1.165, 1.54) is 0 Å². The van der Waals surface area contributed by atoms with Crippen molar-refractivity contribution in [3.8, 4) is 22.6 Å². The van der Waals surface area contributed by atoms with Gasteiger partial charge in [0.15, 0.2) is 0 Å². The smallest absolute Gasteiger partial charge is 0.321 e. The second-order valence-electron chi connectivity index (χ2n) is 7.01. The number of ether oxygens (including phenoxy) is 2. The van der Waals surface area contributed by atoms with Gasteiger partial charge in [-0.25, -0.2) is 0 Å². The van der Waals surface area contributed by atoms with Crippen LogP contribution in [0.2, 0.25) is 0 Å². The molecule has 4 rings (SSSR count). The second-order valence-corrected chi connectivity index (χ2v) is 9.07. The number of para-hydroxylation sites is 1. The lowest BCUT2D eigenvalue weighted by Crippen LogP contribution is -2.33. The molecule has 1 aliphatic rings. The van der Waals surface area contributed by atoms with Crippen LogP contribution in [0, 0.1) is 0 Å². The lowest BCUT2D eigenvalue weighted by Gasteiger charge is -2.18. The molecule has 31 heavy (non-hydrogen) atoms. The molecule has 1 aliphatic heterocycles. The summed E-state index contributed by atoms with van der Waals surface area (Å²) in [5.74, 6) is 1.22. The largest absolute Gasteiger partial charge is 0.490 e. The average molecular weight is 500 g/mol. The van der Waals surface area contributed by atoms with Crippen LogP contribution in [0.1, 0.15) is 10.9 Å². The summed E-state index contributed by atoms with van der Waals surface area (Å²) < 4.78 is 13.0. The Morgan fingerprint density at radius 3 is 2.45 bits per heavy atom. The summed E-state index contributed by atoms with van der Waals surface area (Å²) in [6, 6.07) is 23.3. The van der Waals surface area contributed by atoms with Crippen molar-refractivity contribution < 1.29 is 19.4 Å². The van der Waals surface area contributed by atoms with Gasteiger partial charge < -0.3 is 14.6 Å². The predicted octanol–water partition coefficient (Wildman–Crippen LogP) is 5.36. The molecule has 0 spiro atoms. The topological polar surface area (TPSA) is 67.8 Å². The van der Waals surface area contributed by atoms with Gasteiger partial charge in [0.2, 0.25) is 0 Å². The van der Waals surface area contributed by atoms with E-state index in [0.29, 0.717) is 19.0 Å². The zero-order valence-corrected chi connectivity index (χ0v) is 19.1. The van der Waals surface area contributed by atoms with E-state index in [0.717, 1.165) is 32.7 Å². The molecular weight excluding hydrogens is 478 g/mol. The highest BCUT2D eigenvalue weighted by Crippen LogP contribution is 2.39. The number of benzene rings is 3. The van der Waals surface area contributed by atoms with Gasteiger partial charge in [-0.15, -0.1) is 11.8 Å². The minimum absolute atomic E-state index is 0.131. The Hall–Kier alpha value is -2.48. The van der Waals surface area contributed by atoms with Crippen molar-refractivity contribution >= 4 is 33.7 Å². The molecule has 5 nitrogen and oxygen atoms in total. The third kappa shape index (κ3) is 5.42.